The van der Waals surface area contributed by atoms with E-state index in [4.69, 9.17) is 0 Å². The van der Waals surface area contributed by atoms with Crippen LogP contribution in [0.15, 0.2) is 0 Å². The van der Waals surface area contributed by atoms with Crippen molar-refractivity contribution in [3.63, 3.8) is 0 Å². The molecule has 1 aliphatic heterocycles. The topological polar surface area (TPSA) is 20.3 Å². The average Bonchev–Trinajstić information content (AvgIpc) is 3.06. The summed E-state index contributed by atoms with van der Waals surface area (Å²) in [7, 11) is 0. The first-order valence-corrected chi connectivity index (χ1v) is 7.27. The van der Waals surface area contributed by atoms with Crippen molar-refractivity contribution in [1.29, 1.82) is 0 Å². The maximum absolute atomic E-state index is 12.3. The fourth-order valence-electron chi connectivity index (χ4n) is 3.33. The zero-order valence-corrected chi connectivity index (χ0v) is 11.8. The second-order valence-corrected chi connectivity index (χ2v) is 6.68. The van der Waals surface area contributed by atoms with Crippen molar-refractivity contribution in [2.45, 2.75) is 53.4 Å². The van der Waals surface area contributed by atoms with E-state index >= 15 is 0 Å². The number of amides is 1. The molecule has 98 valence electrons. The van der Waals surface area contributed by atoms with Gasteiger partial charge in [-0.05, 0) is 37.0 Å². The fraction of sp³-hybridized carbons (Fsp3) is 0.933. The largest absolute Gasteiger partial charge is 0.342 e. The molecule has 0 aromatic carbocycles. The summed E-state index contributed by atoms with van der Waals surface area (Å²) in [6.07, 6.45) is 4.63. The van der Waals surface area contributed by atoms with Crippen LogP contribution in [0.4, 0.5) is 0 Å². The van der Waals surface area contributed by atoms with E-state index in [2.05, 4.69) is 32.6 Å². The first-order valence-electron chi connectivity index (χ1n) is 7.27. The number of carbonyl (C=O) groups excluding carboxylic acids is 1. The Morgan fingerprint density at radius 2 is 2.06 bits per heavy atom. The van der Waals surface area contributed by atoms with Crippen molar-refractivity contribution in [1.82, 2.24) is 4.90 Å². The summed E-state index contributed by atoms with van der Waals surface area (Å²) in [5, 5.41) is 0. The number of nitrogens with zero attached hydrogens (tertiary/aromatic N) is 1. The number of likely N-dealkylation sites (tertiary alicyclic amines) is 1. The lowest BCUT2D eigenvalue weighted by molar-refractivity contribution is -0.139. The van der Waals surface area contributed by atoms with Gasteiger partial charge in [0.25, 0.3) is 0 Å². The normalized spacial score (nSPS) is 31.7. The van der Waals surface area contributed by atoms with Gasteiger partial charge in [-0.15, -0.1) is 0 Å². The molecule has 0 spiro atoms. The molecule has 17 heavy (non-hydrogen) atoms. The van der Waals surface area contributed by atoms with Gasteiger partial charge in [-0.25, -0.2) is 0 Å². The predicted molar refractivity (Wildman–Crippen MR) is 70.6 cm³/mol. The van der Waals surface area contributed by atoms with Gasteiger partial charge in [0, 0.05) is 18.5 Å². The van der Waals surface area contributed by atoms with Crippen LogP contribution >= 0.6 is 0 Å². The molecule has 2 unspecified atom stereocenters. The van der Waals surface area contributed by atoms with Crippen LogP contribution in [-0.2, 0) is 4.79 Å². The molecule has 2 rings (SSSR count). The second kappa shape index (κ2) is 4.62. The number of hydrogen-bond acceptors (Lipinski definition) is 1. The van der Waals surface area contributed by atoms with Crippen molar-refractivity contribution in [2.24, 2.45) is 23.2 Å². The molecule has 1 amide bonds. The maximum atomic E-state index is 12.3. The molecule has 1 saturated carbocycles. The summed E-state index contributed by atoms with van der Waals surface area (Å²) >= 11 is 0. The SMILES string of the molecule is CCC1CN(C(=O)C2(C)CC2)CCC1C(C)C. The molecule has 1 saturated heterocycles. The zero-order valence-electron chi connectivity index (χ0n) is 11.8. The third-order valence-electron chi connectivity index (χ3n) is 4.98. The highest BCUT2D eigenvalue weighted by Crippen LogP contribution is 2.47. The van der Waals surface area contributed by atoms with E-state index in [-0.39, 0.29) is 5.41 Å². The van der Waals surface area contributed by atoms with Crippen LogP contribution < -0.4 is 0 Å². The van der Waals surface area contributed by atoms with Crippen molar-refractivity contribution < 1.29 is 4.79 Å². The molecule has 0 aromatic rings. The number of hydrogen-bond donors (Lipinski definition) is 0. The zero-order chi connectivity index (χ0) is 12.6. The highest BCUT2D eigenvalue weighted by Gasteiger charge is 2.48. The lowest BCUT2D eigenvalue weighted by Gasteiger charge is -2.41. The van der Waals surface area contributed by atoms with Crippen molar-refractivity contribution >= 4 is 5.91 Å². The lowest BCUT2D eigenvalue weighted by atomic mass is 9.76. The predicted octanol–water partition coefficient (Wildman–Crippen LogP) is 3.32. The molecule has 2 fully saturated rings. The summed E-state index contributed by atoms with van der Waals surface area (Å²) in [6.45, 7) is 11.1. The molecule has 2 aliphatic rings. The Morgan fingerprint density at radius 1 is 1.41 bits per heavy atom. The quantitative estimate of drug-likeness (QED) is 0.737. The standard InChI is InChI=1S/C15H27NO/c1-5-12-10-16(9-6-13(12)11(2)3)14(17)15(4)7-8-15/h11-13H,5-10H2,1-4H3. The molecule has 1 aliphatic carbocycles. The van der Waals surface area contributed by atoms with Gasteiger partial charge < -0.3 is 4.90 Å². The smallest absolute Gasteiger partial charge is 0.228 e. The molecule has 1 heterocycles. The van der Waals surface area contributed by atoms with Crippen LogP contribution in [0.3, 0.4) is 0 Å². The van der Waals surface area contributed by atoms with Crippen LogP contribution in [0.2, 0.25) is 0 Å². The first kappa shape index (κ1) is 12.9. The second-order valence-electron chi connectivity index (χ2n) is 6.68. The Bertz CT molecular complexity index is 293. The average molecular weight is 237 g/mol. The molecule has 0 N–H and O–H groups in total. The molecular weight excluding hydrogens is 210 g/mol. The van der Waals surface area contributed by atoms with Gasteiger partial charge in [0.05, 0.1) is 0 Å². The van der Waals surface area contributed by atoms with E-state index < -0.39 is 0 Å². The monoisotopic (exact) mass is 237 g/mol. The third kappa shape index (κ3) is 2.51. The van der Waals surface area contributed by atoms with Gasteiger partial charge in [-0.2, -0.15) is 0 Å². The minimum Gasteiger partial charge on any atom is -0.342 e. The number of carbonyl (C=O) groups is 1. The summed E-state index contributed by atoms with van der Waals surface area (Å²) in [4.78, 5) is 14.5. The first-order chi connectivity index (χ1) is 7.98. The molecule has 2 atom stereocenters. The maximum Gasteiger partial charge on any atom is 0.228 e. The van der Waals surface area contributed by atoms with E-state index in [0.29, 0.717) is 5.91 Å². The van der Waals surface area contributed by atoms with E-state index in [0.717, 1.165) is 43.7 Å². The summed E-state index contributed by atoms with van der Waals surface area (Å²) in [5.41, 5.74) is 0.0168. The van der Waals surface area contributed by atoms with E-state index in [1.54, 1.807) is 0 Å². The minimum atomic E-state index is 0.0168. The Labute approximate surface area is 106 Å². The Morgan fingerprint density at radius 3 is 2.53 bits per heavy atom. The van der Waals surface area contributed by atoms with Crippen LogP contribution in [0.1, 0.15) is 53.4 Å². The minimum absolute atomic E-state index is 0.0168. The fourth-order valence-corrected chi connectivity index (χ4v) is 3.33. The molecule has 2 heteroatoms. The number of piperidine rings is 1. The van der Waals surface area contributed by atoms with Crippen molar-refractivity contribution in [2.75, 3.05) is 13.1 Å². The number of rotatable bonds is 3. The third-order valence-corrected chi connectivity index (χ3v) is 4.98. The van der Waals surface area contributed by atoms with E-state index in [1.807, 2.05) is 0 Å². The Kier molecular flexibility index (Phi) is 3.51. The molecule has 0 bridgehead atoms. The highest BCUT2D eigenvalue weighted by atomic mass is 16.2. The van der Waals surface area contributed by atoms with Crippen molar-refractivity contribution in [3.8, 4) is 0 Å². The van der Waals surface area contributed by atoms with Crippen molar-refractivity contribution in [3.05, 3.63) is 0 Å². The van der Waals surface area contributed by atoms with Gasteiger partial charge in [-0.3, -0.25) is 4.79 Å². The van der Waals surface area contributed by atoms with Gasteiger partial charge in [0.2, 0.25) is 5.91 Å². The molecular formula is C15H27NO. The van der Waals surface area contributed by atoms with Crippen LogP contribution in [-0.4, -0.2) is 23.9 Å². The summed E-state index contributed by atoms with van der Waals surface area (Å²) in [5.74, 6) is 2.72. The Balaban J connectivity index is 1.98. The van der Waals surface area contributed by atoms with Gasteiger partial charge in [0.1, 0.15) is 0 Å². The Hall–Kier alpha value is -0.530. The molecule has 0 radical (unpaired) electrons. The lowest BCUT2D eigenvalue weighted by Crippen LogP contribution is -2.47. The van der Waals surface area contributed by atoms with Crippen LogP contribution in [0.5, 0.6) is 0 Å². The summed E-state index contributed by atoms with van der Waals surface area (Å²) in [6, 6.07) is 0. The summed E-state index contributed by atoms with van der Waals surface area (Å²) < 4.78 is 0. The van der Waals surface area contributed by atoms with Gasteiger partial charge in [-0.1, -0.05) is 34.1 Å². The van der Waals surface area contributed by atoms with E-state index in [9.17, 15) is 4.79 Å². The molecule has 2 nitrogen and oxygen atoms in total. The van der Waals surface area contributed by atoms with Crippen LogP contribution in [0.25, 0.3) is 0 Å². The van der Waals surface area contributed by atoms with Crippen LogP contribution in [0, 0.1) is 23.2 Å². The highest BCUT2D eigenvalue weighted by molar-refractivity contribution is 5.85. The van der Waals surface area contributed by atoms with Gasteiger partial charge >= 0.3 is 0 Å². The van der Waals surface area contributed by atoms with E-state index in [1.165, 1.54) is 12.8 Å². The van der Waals surface area contributed by atoms with Gasteiger partial charge in [0.15, 0.2) is 0 Å². The molecule has 0 aromatic heterocycles.